The number of esters is 1. The highest BCUT2D eigenvalue weighted by Gasteiger charge is 2.36. The molecule has 0 radical (unpaired) electrons. The first-order valence-electron chi connectivity index (χ1n) is 8.94. The quantitative estimate of drug-likeness (QED) is 0.639. The van der Waals surface area contributed by atoms with E-state index in [9.17, 15) is 14.4 Å². The lowest BCUT2D eigenvalue weighted by molar-refractivity contribution is -0.139. The van der Waals surface area contributed by atoms with Crippen LogP contribution in [0.5, 0.6) is 5.88 Å². The molecular formula is C21H16FN5O3. The number of nitrogens with zero attached hydrogens (tertiary/aromatic N) is 3. The molecule has 0 spiro atoms. The number of benzene rings is 1. The molecule has 150 valence electrons. The summed E-state index contributed by atoms with van der Waals surface area (Å²) in [5.41, 5.74) is 9.24. The lowest BCUT2D eigenvalue weighted by Crippen LogP contribution is -2.22. The van der Waals surface area contributed by atoms with Crippen LogP contribution >= 0.6 is 0 Å². The van der Waals surface area contributed by atoms with E-state index in [4.69, 9.17) is 15.2 Å². The molecule has 0 saturated heterocycles. The van der Waals surface area contributed by atoms with Crippen molar-refractivity contribution in [2.24, 2.45) is 5.73 Å². The topological polar surface area (TPSA) is 127 Å². The van der Waals surface area contributed by atoms with Gasteiger partial charge in [0.05, 0.1) is 30.7 Å². The van der Waals surface area contributed by atoms with Gasteiger partial charge in [-0.15, -0.1) is 5.10 Å². The Kier molecular flexibility index (Phi) is 4.90. The van der Waals surface area contributed by atoms with Gasteiger partial charge in [-0.2, -0.15) is 5.26 Å². The van der Waals surface area contributed by atoms with Crippen LogP contribution in [0.15, 0.2) is 54.2 Å². The Balaban J connectivity index is 1.84. The van der Waals surface area contributed by atoms with Crippen molar-refractivity contribution in [1.82, 2.24) is 15.2 Å². The zero-order valence-electron chi connectivity index (χ0n) is 15.8. The van der Waals surface area contributed by atoms with E-state index in [2.05, 4.69) is 21.3 Å². The van der Waals surface area contributed by atoms with Crippen molar-refractivity contribution in [2.75, 3.05) is 7.11 Å². The molecule has 0 fully saturated rings. The molecule has 3 aromatic rings. The minimum Gasteiger partial charge on any atom is -0.469 e. The maximum Gasteiger partial charge on any atom is 0.311 e. The number of hydrogen-bond donors (Lipinski definition) is 2. The Morgan fingerprint density at radius 3 is 2.80 bits per heavy atom. The van der Waals surface area contributed by atoms with Crippen LogP contribution in [-0.4, -0.2) is 28.3 Å². The van der Waals surface area contributed by atoms with Crippen molar-refractivity contribution in [3.05, 3.63) is 76.8 Å². The van der Waals surface area contributed by atoms with Gasteiger partial charge in [-0.1, -0.05) is 12.1 Å². The predicted molar refractivity (Wildman–Crippen MR) is 103 cm³/mol. The van der Waals surface area contributed by atoms with Gasteiger partial charge in [-0.05, 0) is 29.3 Å². The van der Waals surface area contributed by atoms with Crippen LogP contribution in [0.2, 0.25) is 0 Å². The van der Waals surface area contributed by atoms with Gasteiger partial charge in [0.2, 0.25) is 11.8 Å². The number of H-pyrrole nitrogens is 1. The van der Waals surface area contributed by atoms with Gasteiger partial charge >= 0.3 is 5.97 Å². The number of allylic oxidation sites excluding steroid dienone is 1. The molecule has 30 heavy (non-hydrogen) atoms. The largest absolute Gasteiger partial charge is 0.469 e. The third kappa shape index (κ3) is 3.35. The number of hydrogen-bond acceptors (Lipinski definition) is 7. The zero-order chi connectivity index (χ0) is 21.3. The van der Waals surface area contributed by atoms with Crippen molar-refractivity contribution in [3.8, 4) is 23.1 Å². The van der Waals surface area contributed by atoms with E-state index in [1.54, 1.807) is 24.5 Å². The first-order valence-corrected chi connectivity index (χ1v) is 8.94. The highest BCUT2D eigenvalue weighted by atomic mass is 19.1. The number of methoxy groups -OCH3 is 1. The molecule has 0 aliphatic carbocycles. The second kappa shape index (κ2) is 7.67. The summed E-state index contributed by atoms with van der Waals surface area (Å²) in [6.07, 6.45) is 3.16. The van der Waals surface area contributed by atoms with E-state index in [0.29, 0.717) is 16.8 Å². The summed E-state index contributed by atoms with van der Waals surface area (Å²) in [6, 6.07) is 9.92. The van der Waals surface area contributed by atoms with Gasteiger partial charge in [-0.3, -0.25) is 14.9 Å². The number of carbonyl (C=O) groups is 1. The number of rotatable bonds is 4. The van der Waals surface area contributed by atoms with E-state index >= 15 is 0 Å². The van der Waals surface area contributed by atoms with Crippen LogP contribution in [0.1, 0.15) is 22.7 Å². The standard InChI is InChI=1S/C21H16FN5O3/c1-29-17(28)7-16-19-18(15(8-23)20(24)30-21(19)27-26-16)13-6-12(9-25-10-13)11-2-4-14(22)5-3-11/h2-6,9-10,18H,7,24H2,1H3,(H,26,27). The fourth-order valence-electron chi connectivity index (χ4n) is 3.41. The number of fused-ring (bicyclic) bond motifs is 1. The monoisotopic (exact) mass is 405 g/mol. The number of carbonyl (C=O) groups excluding carboxylic acids is 1. The van der Waals surface area contributed by atoms with Gasteiger partial charge in [0, 0.05) is 18.0 Å². The highest BCUT2D eigenvalue weighted by molar-refractivity contribution is 5.73. The average molecular weight is 405 g/mol. The summed E-state index contributed by atoms with van der Waals surface area (Å²) in [7, 11) is 1.29. The summed E-state index contributed by atoms with van der Waals surface area (Å²) in [5.74, 6) is -1.35. The smallest absolute Gasteiger partial charge is 0.311 e. The van der Waals surface area contributed by atoms with E-state index < -0.39 is 11.9 Å². The average Bonchev–Trinajstić information content (AvgIpc) is 3.15. The zero-order valence-corrected chi connectivity index (χ0v) is 15.8. The Bertz CT molecular complexity index is 1190. The molecular weight excluding hydrogens is 389 g/mol. The maximum absolute atomic E-state index is 13.3. The van der Waals surface area contributed by atoms with E-state index in [1.807, 2.05) is 6.07 Å². The third-order valence-corrected chi connectivity index (χ3v) is 4.84. The molecule has 4 rings (SSSR count). The number of nitrogens with one attached hydrogen (secondary N) is 1. The Hall–Kier alpha value is -4.19. The number of aromatic amines is 1. The molecule has 9 heteroatoms. The molecule has 1 aliphatic rings. The molecule has 0 amide bonds. The van der Waals surface area contributed by atoms with E-state index in [-0.39, 0.29) is 29.6 Å². The van der Waals surface area contributed by atoms with Crippen molar-refractivity contribution in [2.45, 2.75) is 12.3 Å². The van der Waals surface area contributed by atoms with Crippen molar-refractivity contribution >= 4 is 5.97 Å². The lowest BCUT2D eigenvalue weighted by atomic mass is 9.83. The van der Waals surface area contributed by atoms with Gasteiger partial charge < -0.3 is 15.2 Å². The van der Waals surface area contributed by atoms with E-state index in [0.717, 1.165) is 11.1 Å². The van der Waals surface area contributed by atoms with Crippen molar-refractivity contribution < 1.29 is 18.7 Å². The SMILES string of the molecule is COC(=O)Cc1[nH]nc2c1C(c1cncc(-c3ccc(F)cc3)c1)C(C#N)=C(N)O2. The number of nitriles is 1. The number of halogens is 1. The summed E-state index contributed by atoms with van der Waals surface area (Å²) in [6.45, 7) is 0. The second-order valence-electron chi connectivity index (χ2n) is 6.61. The van der Waals surface area contributed by atoms with Crippen LogP contribution in [0.25, 0.3) is 11.1 Å². The van der Waals surface area contributed by atoms with Gasteiger partial charge in [0.25, 0.3) is 0 Å². The summed E-state index contributed by atoms with van der Waals surface area (Å²) in [5, 5.41) is 16.6. The Morgan fingerprint density at radius 2 is 2.10 bits per heavy atom. The second-order valence-corrected chi connectivity index (χ2v) is 6.61. The Morgan fingerprint density at radius 1 is 1.33 bits per heavy atom. The number of aromatic nitrogens is 3. The van der Waals surface area contributed by atoms with Gasteiger partial charge in [0.1, 0.15) is 17.5 Å². The third-order valence-electron chi connectivity index (χ3n) is 4.84. The molecule has 8 nitrogen and oxygen atoms in total. The number of ether oxygens (including phenoxy) is 2. The minimum atomic E-state index is -0.648. The summed E-state index contributed by atoms with van der Waals surface area (Å²) >= 11 is 0. The first-order chi connectivity index (χ1) is 14.5. The fraction of sp³-hybridized carbons (Fsp3) is 0.143. The minimum absolute atomic E-state index is 0.0710. The van der Waals surface area contributed by atoms with Crippen LogP contribution in [-0.2, 0) is 16.0 Å². The van der Waals surface area contributed by atoms with Crippen molar-refractivity contribution in [1.29, 1.82) is 5.26 Å². The number of pyridine rings is 1. The fourth-order valence-corrected chi connectivity index (χ4v) is 3.41. The molecule has 0 bridgehead atoms. The molecule has 3 N–H and O–H groups in total. The first kappa shape index (κ1) is 19.1. The molecule has 2 aromatic heterocycles. The van der Waals surface area contributed by atoms with Crippen molar-refractivity contribution in [3.63, 3.8) is 0 Å². The van der Waals surface area contributed by atoms with Gasteiger partial charge in [0.15, 0.2) is 0 Å². The molecule has 1 aromatic carbocycles. The number of nitrogens with two attached hydrogens (primary N) is 1. The van der Waals surface area contributed by atoms with Crippen LogP contribution in [0, 0.1) is 17.1 Å². The van der Waals surface area contributed by atoms with Crippen LogP contribution in [0.3, 0.4) is 0 Å². The normalized spacial score (nSPS) is 15.2. The molecule has 0 saturated carbocycles. The Labute approximate surface area is 170 Å². The van der Waals surface area contributed by atoms with Gasteiger partial charge in [-0.25, -0.2) is 4.39 Å². The molecule has 1 unspecified atom stereocenters. The summed E-state index contributed by atoms with van der Waals surface area (Å²) < 4.78 is 23.5. The predicted octanol–water partition coefficient (Wildman–Crippen LogP) is 2.54. The maximum atomic E-state index is 13.3. The highest BCUT2D eigenvalue weighted by Crippen LogP contribution is 2.43. The molecule has 1 atom stereocenters. The van der Waals surface area contributed by atoms with E-state index in [1.165, 1.54) is 19.2 Å². The molecule has 1 aliphatic heterocycles. The van der Waals surface area contributed by atoms with Crippen LogP contribution < -0.4 is 10.5 Å². The summed E-state index contributed by atoms with van der Waals surface area (Å²) in [4.78, 5) is 16.1. The molecule has 3 heterocycles. The van der Waals surface area contributed by atoms with Crippen LogP contribution in [0.4, 0.5) is 4.39 Å². The lowest BCUT2D eigenvalue weighted by Gasteiger charge is -2.24.